The van der Waals surface area contributed by atoms with E-state index in [1.807, 2.05) is 17.9 Å². The first-order valence-electron chi connectivity index (χ1n) is 6.60. The van der Waals surface area contributed by atoms with Crippen LogP contribution in [0.15, 0.2) is 24.5 Å². The molecule has 1 unspecified atom stereocenters. The van der Waals surface area contributed by atoms with Crippen LogP contribution < -0.4 is 5.32 Å². The molecule has 0 bridgehead atoms. The van der Waals surface area contributed by atoms with E-state index in [0.29, 0.717) is 6.04 Å². The molecule has 0 radical (unpaired) electrons. The maximum Gasteiger partial charge on any atom is 0.0540 e. The van der Waals surface area contributed by atoms with Crippen LogP contribution in [0.1, 0.15) is 35.8 Å². The number of nitrogens with zero attached hydrogens (tertiary/aromatic N) is 3. The van der Waals surface area contributed by atoms with Gasteiger partial charge >= 0.3 is 0 Å². The maximum absolute atomic E-state index is 4.38. The van der Waals surface area contributed by atoms with E-state index in [2.05, 4.69) is 40.4 Å². The van der Waals surface area contributed by atoms with E-state index >= 15 is 0 Å². The summed E-state index contributed by atoms with van der Waals surface area (Å²) in [5.74, 6) is 0. The van der Waals surface area contributed by atoms with Gasteiger partial charge in [0.25, 0.3) is 0 Å². The predicted octanol–water partition coefficient (Wildman–Crippen LogP) is 1.93. The number of nitrogens with one attached hydrogen (secondary N) is 1. The number of fused-ring (bicyclic) bond motifs is 1. The van der Waals surface area contributed by atoms with E-state index in [1.54, 1.807) is 0 Å². The third kappa shape index (κ3) is 1.97. The Morgan fingerprint density at radius 1 is 1.44 bits per heavy atom. The molecular formula is C14H20N4. The van der Waals surface area contributed by atoms with E-state index in [-0.39, 0.29) is 0 Å². The van der Waals surface area contributed by atoms with Crippen LogP contribution in [0.3, 0.4) is 0 Å². The van der Waals surface area contributed by atoms with E-state index in [9.17, 15) is 0 Å². The summed E-state index contributed by atoms with van der Waals surface area (Å²) in [7, 11) is 4.13. The molecule has 1 N–H and O–H groups in total. The van der Waals surface area contributed by atoms with Crippen molar-refractivity contribution in [1.82, 2.24) is 19.7 Å². The fourth-order valence-corrected chi connectivity index (χ4v) is 2.83. The zero-order valence-corrected chi connectivity index (χ0v) is 11.1. The Labute approximate surface area is 108 Å². The Bertz CT molecular complexity index is 538. The van der Waals surface area contributed by atoms with Gasteiger partial charge in [0, 0.05) is 49.8 Å². The van der Waals surface area contributed by atoms with Crippen molar-refractivity contribution in [3.63, 3.8) is 0 Å². The Hall–Kier alpha value is -1.55. The largest absolute Gasteiger partial charge is 0.353 e. The topological polar surface area (TPSA) is 34.8 Å². The summed E-state index contributed by atoms with van der Waals surface area (Å²) >= 11 is 0. The summed E-state index contributed by atoms with van der Waals surface area (Å²) in [6.45, 7) is 0.919. The van der Waals surface area contributed by atoms with Gasteiger partial charge in [-0.25, -0.2) is 0 Å². The van der Waals surface area contributed by atoms with Crippen LogP contribution >= 0.6 is 0 Å². The molecule has 1 aliphatic rings. The number of aromatic nitrogens is 3. The quantitative estimate of drug-likeness (QED) is 0.895. The van der Waals surface area contributed by atoms with E-state index < -0.39 is 0 Å². The van der Waals surface area contributed by atoms with Crippen molar-refractivity contribution in [2.45, 2.75) is 31.8 Å². The van der Waals surface area contributed by atoms with E-state index in [4.69, 9.17) is 0 Å². The Morgan fingerprint density at radius 2 is 2.33 bits per heavy atom. The molecule has 2 aromatic rings. The molecule has 0 spiro atoms. The second-order valence-electron chi connectivity index (χ2n) is 5.11. The highest BCUT2D eigenvalue weighted by Gasteiger charge is 2.22. The molecule has 4 heteroatoms. The van der Waals surface area contributed by atoms with Crippen LogP contribution in [-0.2, 0) is 27.1 Å². The Balaban J connectivity index is 1.73. The molecule has 0 amide bonds. The third-order valence-electron chi connectivity index (χ3n) is 3.96. The van der Waals surface area contributed by atoms with Gasteiger partial charge in [-0.3, -0.25) is 4.68 Å². The molecule has 96 valence electrons. The number of hydrogen-bond acceptors (Lipinski definition) is 2. The van der Waals surface area contributed by atoms with Crippen molar-refractivity contribution in [3.8, 4) is 0 Å². The van der Waals surface area contributed by atoms with Crippen molar-refractivity contribution in [3.05, 3.63) is 41.5 Å². The smallest absolute Gasteiger partial charge is 0.0540 e. The monoisotopic (exact) mass is 244 g/mol. The minimum atomic E-state index is 0.456. The zero-order chi connectivity index (χ0) is 12.5. The Morgan fingerprint density at radius 3 is 3.11 bits per heavy atom. The molecular weight excluding hydrogens is 224 g/mol. The van der Waals surface area contributed by atoms with Crippen molar-refractivity contribution < 1.29 is 0 Å². The van der Waals surface area contributed by atoms with Gasteiger partial charge in [-0.05, 0) is 31.4 Å². The normalized spacial score (nSPS) is 18.9. The second kappa shape index (κ2) is 4.61. The summed E-state index contributed by atoms with van der Waals surface area (Å²) in [6.07, 6.45) is 7.74. The van der Waals surface area contributed by atoms with Crippen LogP contribution in [0.25, 0.3) is 0 Å². The minimum Gasteiger partial charge on any atom is -0.353 e. The first-order valence-corrected chi connectivity index (χ1v) is 6.60. The molecule has 0 saturated heterocycles. The molecule has 3 rings (SSSR count). The fraction of sp³-hybridized carbons (Fsp3) is 0.500. The standard InChI is InChI=1S/C14H20N4/c1-17-8-4-5-11(17)9-15-13-6-3-7-14-12(13)10-16-18(14)2/h4-5,8,10,13,15H,3,6-7,9H2,1-2H3. The highest BCUT2D eigenvalue weighted by Crippen LogP contribution is 2.29. The molecule has 0 aromatic carbocycles. The molecule has 18 heavy (non-hydrogen) atoms. The molecule has 0 saturated carbocycles. The molecule has 1 atom stereocenters. The van der Waals surface area contributed by atoms with Crippen molar-refractivity contribution in [2.75, 3.05) is 0 Å². The van der Waals surface area contributed by atoms with Gasteiger partial charge in [0.2, 0.25) is 0 Å². The van der Waals surface area contributed by atoms with Crippen LogP contribution in [0.2, 0.25) is 0 Å². The van der Waals surface area contributed by atoms with Gasteiger partial charge in [0.05, 0.1) is 6.20 Å². The van der Waals surface area contributed by atoms with Crippen LogP contribution in [-0.4, -0.2) is 14.3 Å². The lowest BCUT2D eigenvalue weighted by Crippen LogP contribution is -2.25. The summed E-state index contributed by atoms with van der Waals surface area (Å²) in [4.78, 5) is 0. The molecule has 2 aromatic heterocycles. The first kappa shape index (κ1) is 11.5. The average molecular weight is 244 g/mol. The lowest BCUT2D eigenvalue weighted by Gasteiger charge is -2.24. The first-order chi connectivity index (χ1) is 8.75. The van der Waals surface area contributed by atoms with Crippen LogP contribution in [0.5, 0.6) is 0 Å². The average Bonchev–Trinajstić information content (AvgIpc) is 2.95. The summed E-state index contributed by atoms with van der Waals surface area (Å²) in [5, 5.41) is 8.04. The van der Waals surface area contributed by atoms with Crippen molar-refractivity contribution >= 4 is 0 Å². The predicted molar refractivity (Wildman–Crippen MR) is 71.1 cm³/mol. The second-order valence-corrected chi connectivity index (χ2v) is 5.11. The van der Waals surface area contributed by atoms with Gasteiger partial charge in [0.15, 0.2) is 0 Å². The fourth-order valence-electron chi connectivity index (χ4n) is 2.83. The van der Waals surface area contributed by atoms with Gasteiger partial charge in [0.1, 0.15) is 0 Å². The summed E-state index contributed by atoms with van der Waals surface area (Å²) in [6, 6.07) is 4.71. The summed E-state index contributed by atoms with van der Waals surface area (Å²) < 4.78 is 4.19. The minimum absolute atomic E-state index is 0.456. The lowest BCUT2D eigenvalue weighted by molar-refractivity contribution is 0.446. The summed E-state index contributed by atoms with van der Waals surface area (Å²) in [5.41, 5.74) is 4.11. The van der Waals surface area contributed by atoms with Gasteiger partial charge in [-0.2, -0.15) is 5.10 Å². The highest BCUT2D eigenvalue weighted by molar-refractivity contribution is 5.24. The zero-order valence-electron chi connectivity index (χ0n) is 11.1. The van der Waals surface area contributed by atoms with Crippen LogP contribution in [0, 0.1) is 0 Å². The van der Waals surface area contributed by atoms with Crippen LogP contribution in [0.4, 0.5) is 0 Å². The van der Waals surface area contributed by atoms with Gasteiger partial charge in [-0.15, -0.1) is 0 Å². The maximum atomic E-state index is 4.38. The van der Waals surface area contributed by atoms with Gasteiger partial charge < -0.3 is 9.88 Å². The number of aryl methyl sites for hydroxylation is 2. The number of hydrogen-bond donors (Lipinski definition) is 1. The molecule has 1 aliphatic carbocycles. The SMILES string of the molecule is Cn1cccc1CNC1CCCc2c1cnn2C. The Kier molecular flexibility index (Phi) is 2.96. The molecule has 0 aliphatic heterocycles. The van der Waals surface area contributed by atoms with E-state index in [1.165, 1.54) is 29.8 Å². The molecule has 0 fully saturated rings. The highest BCUT2D eigenvalue weighted by atomic mass is 15.3. The number of rotatable bonds is 3. The third-order valence-corrected chi connectivity index (χ3v) is 3.96. The van der Waals surface area contributed by atoms with Crippen molar-refractivity contribution in [2.24, 2.45) is 14.1 Å². The molecule has 2 heterocycles. The lowest BCUT2D eigenvalue weighted by atomic mass is 9.93. The van der Waals surface area contributed by atoms with E-state index in [0.717, 1.165) is 13.0 Å². The van der Waals surface area contributed by atoms with Gasteiger partial charge in [-0.1, -0.05) is 0 Å². The van der Waals surface area contributed by atoms with Crippen molar-refractivity contribution in [1.29, 1.82) is 0 Å². The molecule has 4 nitrogen and oxygen atoms in total.